The number of rotatable bonds is 2. The van der Waals surface area contributed by atoms with E-state index in [4.69, 9.17) is 0 Å². The molecule has 0 unspecified atom stereocenters. The standard InChI is InChI=1S/C17H9N3O4/c21-17(22)11-4-1-5-12-16(11)19-15-10-3-2-6-14(20(23)24)9(10)7-8-13(15)18-12/h1-8H,(H,21,22). The minimum absolute atomic E-state index is 0.0252. The number of aromatic carboxylic acids is 1. The molecule has 1 heterocycles. The Kier molecular flexibility index (Phi) is 2.89. The van der Waals surface area contributed by atoms with Gasteiger partial charge in [-0.2, -0.15) is 0 Å². The van der Waals surface area contributed by atoms with Gasteiger partial charge in [0, 0.05) is 11.5 Å². The first kappa shape index (κ1) is 14.0. The molecule has 1 N–H and O–H groups in total. The highest BCUT2D eigenvalue weighted by molar-refractivity contribution is 6.10. The Morgan fingerprint density at radius 2 is 1.67 bits per heavy atom. The highest BCUT2D eigenvalue weighted by atomic mass is 16.6. The number of non-ortho nitro benzene ring substituents is 1. The molecule has 1 aromatic heterocycles. The Bertz CT molecular complexity index is 1170. The van der Waals surface area contributed by atoms with Crippen LogP contribution < -0.4 is 0 Å². The number of carbonyl (C=O) groups is 1. The van der Waals surface area contributed by atoms with E-state index in [2.05, 4.69) is 9.97 Å². The highest BCUT2D eigenvalue weighted by Crippen LogP contribution is 2.31. The zero-order valence-electron chi connectivity index (χ0n) is 12.1. The fraction of sp³-hybridized carbons (Fsp3) is 0. The van der Waals surface area contributed by atoms with Crippen LogP contribution in [-0.4, -0.2) is 26.0 Å². The van der Waals surface area contributed by atoms with Gasteiger partial charge in [0.15, 0.2) is 0 Å². The van der Waals surface area contributed by atoms with Gasteiger partial charge in [-0.25, -0.2) is 14.8 Å². The molecule has 4 aromatic rings. The van der Waals surface area contributed by atoms with Gasteiger partial charge in [0.05, 0.1) is 32.4 Å². The van der Waals surface area contributed by atoms with Gasteiger partial charge < -0.3 is 5.11 Å². The molecule has 0 atom stereocenters. The largest absolute Gasteiger partial charge is 0.478 e. The predicted molar refractivity (Wildman–Crippen MR) is 88.2 cm³/mol. The summed E-state index contributed by atoms with van der Waals surface area (Å²) in [4.78, 5) is 31.1. The van der Waals surface area contributed by atoms with Crippen molar-refractivity contribution in [1.29, 1.82) is 0 Å². The average Bonchev–Trinajstić information content (AvgIpc) is 2.58. The van der Waals surface area contributed by atoms with Crippen LogP contribution in [0.4, 0.5) is 5.69 Å². The van der Waals surface area contributed by atoms with Crippen LogP contribution in [0.5, 0.6) is 0 Å². The Morgan fingerprint density at radius 3 is 2.42 bits per heavy atom. The second-order valence-electron chi connectivity index (χ2n) is 5.26. The molecule has 4 rings (SSSR count). The molecule has 0 saturated carbocycles. The molecule has 0 saturated heterocycles. The Hall–Kier alpha value is -3.61. The lowest BCUT2D eigenvalue weighted by atomic mass is 10.1. The van der Waals surface area contributed by atoms with Gasteiger partial charge in [0.25, 0.3) is 5.69 Å². The zero-order chi connectivity index (χ0) is 16.8. The van der Waals surface area contributed by atoms with E-state index in [0.717, 1.165) is 0 Å². The Morgan fingerprint density at radius 1 is 0.917 bits per heavy atom. The van der Waals surface area contributed by atoms with Crippen molar-refractivity contribution in [1.82, 2.24) is 9.97 Å². The monoisotopic (exact) mass is 319 g/mol. The number of benzene rings is 3. The molecule has 0 aliphatic heterocycles. The lowest BCUT2D eigenvalue weighted by Gasteiger charge is -2.06. The van der Waals surface area contributed by atoms with Gasteiger partial charge in [-0.1, -0.05) is 18.2 Å². The summed E-state index contributed by atoms with van der Waals surface area (Å²) in [7, 11) is 0. The molecule has 3 aromatic carbocycles. The molecule has 0 radical (unpaired) electrons. The zero-order valence-corrected chi connectivity index (χ0v) is 12.1. The van der Waals surface area contributed by atoms with Crippen molar-refractivity contribution in [2.45, 2.75) is 0 Å². The quantitative estimate of drug-likeness (QED) is 0.262. The molecule has 0 fully saturated rings. The van der Waals surface area contributed by atoms with E-state index in [1.54, 1.807) is 36.4 Å². The van der Waals surface area contributed by atoms with E-state index in [9.17, 15) is 20.0 Å². The summed E-state index contributed by atoms with van der Waals surface area (Å²) in [6.45, 7) is 0. The lowest BCUT2D eigenvalue weighted by molar-refractivity contribution is -0.383. The average molecular weight is 319 g/mol. The van der Waals surface area contributed by atoms with Crippen molar-refractivity contribution in [3.63, 3.8) is 0 Å². The molecule has 0 bridgehead atoms. The third-order valence-corrected chi connectivity index (χ3v) is 3.90. The van der Waals surface area contributed by atoms with Crippen LogP contribution in [0.25, 0.3) is 32.8 Å². The minimum Gasteiger partial charge on any atom is -0.478 e. The van der Waals surface area contributed by atoms with E-state index in [1.807, 2.05) is 0 Å². The summed E-state index contributed by atoms with van der Waals surface area (Å²) >= 11 is 0. The second kappa shape index (κ2) is 4.95. The van der Waals surface area contributed by atoms with Crippen LogP contribution >= 0.6 is 0 Å². The smallest absolute Gasteiger partial charge is 0.337 e. The number of hydrogen-bond donors (Lipinski definition) is 1. The Balaban J connectivity index is 2.19. The molecule has 0 aliphatic carbocycles. The van der Waals surface area contributed by atoms with Crippen molar-refractivity contribution in [2.75, 3.05) is 0 Å². The molecule has 7 nitrogen and oxygen atoms in total. The van der Waals surface area contributed by atoms with Crippen LogP contribution in [0, 0.1) is 10.1 Å². The van der Waals surface area contributed by atoms with E-state index in [0.29, 0.717) is 27.3 Å². The summed E-state index contributed by atoms with van der Waals surface area (Å²) in [6.07, 6.45) is 0. The number of fused-ring (bicyclic) bond motifs is 4. The number of aromatic nitrogens is 2. The molecule has 0 amide bonds. The summed E-state index contributed by atoms with van der Waals surface area (Å²) < 4.78 is 0. The summed E-state index contributed by atoms with van der Waals surface area (Å²) in [5.41, 5.74) is 1.74. The molecular weight excluding hydrogens is 310 g/mol. The SMILES string of the molecule is O=C(O)c1cccc2nc3ccc4c([N+](=O)[O-])cccc4c3nc12. The number of carboxylic acid groups (broad SMARTS) is 1. The van der Waals surface area contributed by atoms with Gasteiger partial charge >= 0.3 is 5.97 Å². The summed E-state index contributed by atoms with van der Waals surface area (Å²) in [5.74, 6) is -1.10. The predicted octanol–water partition coefficient (Wildman–Crippen LogP) is 3.54. The number of nitrogens with zero attached hydrogens (tertiary/aromatic N) is 3. The van der Waals surface area contributed by atoms with E-state index >= 15 is 0 Å². The normalized spacial score (nSPS) is 11.2. The van der Waals surface area contributed by atoms with Gasteiger partial charge in [-0.15, -0.1) is 0 Å². The lowest BCUT2D eigenvalue weighted by Crippen LogP contribution is -2.00. The first-order valence-electron chi connectivity index (χ1n) is 7.06. The molecule has 0 aliphatic rings. The number of carboxylic acids is 1. The fourth-order valence-electron chi connectivity index (χ4n) is 2.83. The van der Waals surface area contributed by atoms with Crippen LogP contribution in [-0.2, 0) is 0 Å². The molecule has 0 spiro atoms. The number of hydrogen-bond acceptors (Lipinski definition) is 5. The third-order valence-electron chi connectivity index (χ3n) is 3.90. The number of para-hydroxylation sites is 1. The van der Waals surface area contributed by atoms with Gasteiger partial charge in [0.2, 0.25) is 0 Å². The van der Waals surface area contributed by atoms with Crippen LogP contribution in [0.3, 0.4) is 0 Å². The van der Waals surface area contributed by atoms with Crippen molar-refractivity contribution < 1.29 is 14.8 Å². The van der Waals surface area contributed by atoms with E-state index < -0.39 is 10.9 Å². The minimum atomic E-state index is -1.10. The van der Waals surface area contributed by atoms with E-state index in [1.165, 1.54) is 12.1 Å². The van der Waals surface area contributed by atoms with Gasteiger partial charge in [0.1, 0.15) is 5.52 Å². The second-order valence-corrected chi connectivity index (χ2v) is 5.26. The van der Waals surface area contributed by atoms with Crippen molar-refractivity contribution in [3.8, 4) is 0 Å². The highest BCUT2D eigenvalue weighted by Gasteiger charge is 2.16. The van der Waals surface area contributed by atoms with Crippen LogP contribution in [0.15, 0.2) is 48.5 Å². The maximum atomic E-state index is 11.4. The summed E-state index contributed by atoms with van der Waals surface area (Å²) in [5, 5.41) is 21.5. The van der Waals surface area contributed by atoms with Gasteiger partial charge in [-0.05, 0) is 24.3 Å². The maximum Gasteiger partial charge on any atom is 0.337 e. The molecule has 116 valence electrons. The summed E-state index contributed by atoms with van der Waals surface area (Å²) in [6, 6.07) is 12.8. The van der Waals surface area contributed by atoms with Crippen LogP contribution in [0.1, 0.15) is 10.4 Å². The topological polar surface area (TPSA) is 106 Å². The first-order valence-corrected chi connectivity index (χ1v) is 7.06. The van der Waals surface area contributed by atoms with Crippen molar-refractivity contribution in [2.24, 2.45) is 0 Å². The molecular formula is C17H9N3O4. The van der Waals surface area contributed by atoms with Gasteiger partial charge in [-0.3, -0.25) is 10.1 Å². The van der Waals surface area contributed by atoms with Crippen molar-refractivity contribution in [3.05, 3.63) is 64.2 Å². The van der Waals surface area contributed by atoms with E-state index in [-0.39, 0.29) is 16.8 Å². The maximum absolute atomic E-state index is 11.4. The fourth-order valence-corrected chi connectivity index (χ4v) is 2.83. The first-order chi connectivity index (χ1) is 11.6. The molecule has 24 heavy (non-hydrogen) atoms. The third kappa shape index (κ3) is 1.95. The Labute approximate surface area is 134 Å². The van der Waals surface area contributed by atoms with Crippen molar-refractivity contribution >= 4 is 44.5 Å². The number of nitro benzene ring substituents is 1. The number of nitro groups is 1. The molecule has 7 heteroatoms. The van der Waals surface area contributed by atoms with Crippen LogP contribution in [0.2, 0.25) is 0 Å².